The molecular weight excluding hydrogens is 437 g/mol. The van der Waals surface area contributed by atoms with Crippen molar-refractivity contribution < 1.29 is 13.2 Å². The van der Waals surface area contributed by atoms with E-state index in [-0.39, 0.29) is 23.7 Å². The zero-order valence-corrected chi connectivity index (χ0v) is 17.4. The Bertz CT molecular complexity index is 1380. The van der Waals surface area contributed by atoms with Gasteiger partial charge in [0, 0.05) is 43.7 Å². The van der Waals surface area contributed by atoms with Crippen LogP contribution in [0.1, 0.15) is 23.7 Å². The van der Waals surface area contributed by atoms with Gasteiger partial charge >= 0.3 is 6.18 Å². The summed E-state index contributed by atoms with van der Waals surface area (Å²) in [5.41, 5.74) is 1.27. The highest BCUT2D eigenvalue weighted by atomic mass is 19.4. The van der Waals surface area contributed by atoms with Crippen LogP contribution in [0.4, 0.5) is 13.2 Å². The molecule has 0 N–H and O–H groups in total. The summed E-state index contributed by atoms with van der Waals surface area (Å²) in [5.74, 6) is 0. The minimum absolute atomic E-state index is 0.160. The van der Waals surface area contributed by atoms with Crippen molar-refractivity contribution in [2.24, 2.45) is 4.99 Å². The lowest BCUT2D eigenvalue weighted by Crippen LogP contribution is -2.34. The maximum Gasteiger partial charge on any atom is 0.433 e. The molecule has 0 saturated heterocycles. The number of aliphatic imine (C=N–C) groups is 1. The first-order chi connectivity index (χ1) is 15.8. The van der Waals surface area contributed by atoms with Crippen molar-refractivity contribution in [3.05, 3.63) is 80.9 Å². The van der Waals surface area contributed by atoms with E-state index in [4.69, 9.17) is 0 Å². The maximum atomic E-state index is 12.6. The van der Waals surface area contributed by atoms with Crippen LogP contribution < -0.4 is 11.1 Å². The molecule has 2 aliphatic rings. The number of aromatic nitrogens is 4. The topological polar surface area (TPSA) is 85.4 Å². The summed E-state index contributed by atoms with van der Waals surface area (Å²) in [7, 11) is 0. The lowest BCUT2D eigenvalue weighted by molar-refractivity contribution is -0.141. The first kappa shape index (κ1) is 21.1. The SMILES string of the molecule is O=c1ccc2ncc(=O)n3c2n1C[C@@H]3CN1C=CC(=NCc2ccc(C(F)(F)F)nc2)CC1. The molecule has 0 spiro atoms. The van der Waals surface area contributed by atoms with Crippen LogP contribution in [-0.4, -0.2) is 42.8 Å². The van der Waals surface area contributed by atoms with E-state index in [0.29, 0.717) is 42.8 Å². The number of alkyl halides is 3. The van der Waals surface area contributed by atoms with Crippen molar-refractivity contribution in [3.8, 4) is 0 Å². The van der Waals surface area contributed by atoms with Gasteiger partial charge in [-0.15, -0.1) is 0 Å². The quantitative estimate of drug-likeness (QED) is 0.602. The van der Waals surface area contributed by atoms with Crippen LogP contribution in [0.5, 0.6) is 0 Å². The van der Waals surface area contributed by atoms with Gasteiger partial charge in [0.1, 0.15) is 16.9 Å². The Hall–Kier alpha value is -3.76. The molecule has 0 unspecified atom stereocenters. The number of hydrogen-bond acceptors (Lipinski definition) is 6. The third-order valence-corrected chi connectivity index (χ3v) is 5.83. The van der Waals surface area contributed by atoms with Gasteiger partial charge in [-0.25, -0.2) is 4.98 Å². The zero-order chi connectivity index (χ0) is 23.2. The summed E-state index contributed by atoms with van der Waals surface area (Å²) >= 11 is 0. The van der Waals surface area contributed by atoms with Crippen LogP contribution in [-0.2, 0) is 19.3 Å². The Balaban J connectivity index is 1.26. The van der Waals surface area contributed by atoms with Gasteiger partial charge in [0.25, 0.3) is 11.1 Å². The third kappa shape index (κ3) is 4.06. The molecule has 3 aromatic rings. The average Bonchev–Trinajstić information content (AvgIpc) is 3.18. The van der Waals surface area contributed by atoms with Crippen LogP contribution in [0.2, 0.25) is 0 Å². The average molecular weight is 456 g/mol. The molecule has 0 amide bonds. The second-order valence-corrected chi connectivity index (χ2v) is 8.03. The van der Waals surface area contributed by atoms with Crippen molar-refractivity contribution in [2.45, 2.75) is 31.7 Å². The summed E-state index contributed by atoms with van der Waals surface area (Å²) in [5, 5.41) is 0. The molecule has 33 heavy (non-hydrogen) atoms. The molecule has 11 heteroatoms. The number of rotatable bonds is 4. The Morgan fingerprint density at radius 1 is 1.06 bits per heavy atom. The van der Waals surface area contributed by atoms with Crippen molar-refractivity contribution in [3.63, 3.8) is 0 Å². The van der Waals surface area contributed by atoms with E-state index in [2.05, 4.69) is 19.9 Å². The minimum atomic E-state index is -4.46. The maximum absolute atomic E-state index is 12.6. The normalized spacial score (nSPS) is 19.1. The molecule has 3 aromatic heterocycles. The summed E-state index contributed by atoms with van der Waals surface area (Å²) in [6.45, 7) is 1.87. The van der Waals surface area contributed by atoms with Crippen LogP contribution in [0.15, 0.2) is 63.5 Å². The van der Waals surface area contributed by atoms with Gasteiger partial charge in [0.15, 0.2) is 0 Å². The van der Waals surface area contributed by atoms with Gasteiger partial charge in [0.2, 0.25) is 0 Å². The highest BCUT2D eigenvalue weighted by Gasteiger charge is 2.32. The molecule has 0 bridgehead atoms. The van der Waals surface area contributed by atoms with Crippen LogP contribution in [0.25, 0.3) is 11.2 Å². The molecule has 0 aromatic carbocycles. The molecule has 0 fully saturated rings. The lowest BCUT2D eigenvalue weighted by Gasteiger charge is -2.27. The molecule has 0 aliphatic carbocycles. The molecule has 0 radical (unpaired) electrons. The second-order valence-electron chi connectivity index (χ2n) is 8.03. The fraction of sp³-hybridized carbons (Fsp3) is 0.318. The molecule has 0 saturated carbocycles. The van der Waals surface area contributed by atoms with Crippen molar-refractivity contribution in [1.29, 1.82) is 0 Å². The molecule has 8 nitrogen and oxygen atoms in total. The van der Waals surface area contributed by atoms with Gasteiger partial charge in [-0.2, -0.15) is 13.2 Å². The fourth-order valence-electron chi connectivity index (χ4n) is 4.20. The summed E-state index contributed by atoms with van der Waals surface area (Å²) < 4.78 is 41.1. The number of pyridine rings is 2. The van der Waals surface area contributed by atoms with Crippen molar-refractivity contribution >= 4 is 16.9 Å². The second kappa shape index (κ2) is 7.98. The number of nitrogens with zero attached hydrogens (tertiary/aromatic N) is 6. The predicted octanol–water partition coefficient (Wildman–Crippen LogP) is 2.39. The monoisotopic (exact) mass is 456 g/mol. The Kier molecular flexibility index (Phi) is 5.10. The Morgan fingerprint density at radius 2 is 1.91 bits per heavy atom. The van der Waals surface area contributed by atoms with Crippen molar-refractivity contribution in [2.75, 3.05) is 13.1 Å². The number of allylic oxidation sites excluding steroid dienone is 1. The summed E-state index contributed by atoms with van der Waals surface area (Å²) in [6, 6.07) is 5.23. The van der Waals surface area contributed by atoms with Gasteiger partial charge in [-0.1, -0.05) is 6.07 Å². The standard InChI is InChI=1S/C22H19F3N6O2/c23-22(24,25)18-3-1-14(10-28-18)9-26-15-5-7-29(8-6-15)12-16-13-30-19(32)4-2-17-21(30)31(16)20(33)11-27-17/h1-5,7,10-11,16H,6,8-9,12-13H2/t16-/m0/s1. The first-order valence-corrected chi connectivity index (χ1v) is 10.4. The van der Waals surface area contributed by atoms with E-state index >= 15 is 0 Å². The summed E-state index contributed by atoms with van der Waals surface area (Å²) in [6.07, 6.45) is 2.43. The largest absolute Gasteiger partial charge is 0.433 e. The van der Waals surface area contributed by atoms with Crippen LogP contribution in [0.3, 0.4) is 0 Å². The molecule has 5 heterocycles. The first-order valence-electron chi connectivity index (χ1n) is 10.4. The zero-order valence-electron chi connectivity index (χ0n) is 17.4. The fourth-order valence-corrected chi connectivity index (χ4v) is 4.20. The van der Waals surface area contributed by atoms with Gasteiger partial charge in [-0.3, -0.25) is 28.7 Å². The van der Waals surface area contributed by atoms with E-state index in [1.54, 1.807) is 15.2 Å². The lowest BCUT2D eigenvalue weighted by atomic mass is 10.1. The van der Waals surface area contributed by atoms with Crippen molar-refractivity contribution in [1.82, 2.24) is 24.0 Å². The number of hydrogen-bond donors (Lipinski definition) is 0. The number of halogens is 3. The van der Waals surface area contributed by atoms with Gasteiger partial charge in [0.05, 0.1) is 25.3 Å². The van der Waals surface area contributed by atoms with Gasteiger partial charge in [-0.05, 0) is 23.8 Å². The molecular formula is C22H19F3N6O2. The van der Waals surface area contributed by atoms with E-state index in [0.717, 1.165) is 11.8 Å². The molecule has 170 valence electrons. The predicted molar refractivity (Wildman–Crippen MR) is 115 cm³/mol. The smallest absolute Gasteiger partial charge is 0.375 e. The Morgan fingerprint density at radius 3 is 2.61 bits per heavy atom. The van der Waals surface area contributed by atoms with E-state index < -0.39 is 11.9 Å². The van der Waals surface area contributed by atoms with E-state index in [1.165, 1.54) is 24.5 Å². The third-order valence-electron chi connectivity index (χ3n) is 5.83. The van der Waals surface area contributed by atoms with Crippen LogP contribution in [0, 0.1) is 0 Å². The van der Waals surface area contributed by atoms with E-state index in [1.807, 2.05) is 12.3 Å². The van der Waals surface area contributed by atoms with Gasteiger partial charge < -0.3 is 4.90 Å². The van der Waals surface area contributed by atoms with E-state index in [9.17, 15) is 22.8 Å². The summed E-state index contributed by atoms with van der Waals surface area (Å²) in [4.78, 5) is 38.9. The Labute approximate surface area is 185 Å². The molecule has 5 rings (SSSR count). The highest BCUT2D eigenvalue weighted by Crippen LogP contribution is 2.27. The minimum Gasteiger partial charge on any atom is -0.375 e. The van der Waals surface area contributed by atoms with Crippen LogP contribution >= 0.6 is 0 Å². The molecule has 1 atom stereocenters. The highest BCUT2D eigenvalue weighted by molar-refractivity contribution is 5.95. The molecule has 2 aliphatic heterocycles.